The zero-order valence-corrected chi connectivity index (χ0v) is 12.5. The summed E-state index contributed by atoms with van der Waals surface area (Å²) in [6.07, 6.45) is 4.12. The maximum atomic E-state index is 13.2. The summed E-state index contributed by atoms with van der Waals surface area (Å²) in [6.45, 7) is 0.423. The molecule has 1 fully saturated rings. The summed E-state index contributed by atoms with van der Waals surface area (Å²) in [5, 5.41) is 13.4. The number of rotatable bonds is 5. The summed E-state index contributed by atoms with van der Waals surface area (Å²) in [5.41, 5.74) is 0.445. The Labute approximate surface area is 128 Å². The lowest BCUT2D eigenvalue weighted by atomic mass is 9.80. The smallest absolute Gasteiger partial charge is 0.248 e. The summed E-state index contributed by atoms with van der Waals surface area (Å²) in [7, 11) is 0. The van der Waals surface area contributed by atoms with Gasteiger partial charge in [0.2, 0.25) is 5.92 Å². The number of aliphatic hydroxyl groups excluding tert-OH is 1. The average Bonchev–Trinajstić information content (AvgIpc) is 2.48. The van der Waals surface area contributed by atoms with Gasteiger partial charge in [0.1, 0.15) is 0 Å². The van der Waals surface area contributed by atoms with Crippen LogP contribution in [0.1, 0.15) is 31.2 Å². The largest absolute Gasteiger partial charge is 0.394 e. The first-order valence-corrected chi connectivity index (χ1v) is 7.48. The van der Waals surface area contributed by atoms with Crippen molar-refractivity contribution in [2.75, 3.05) is 13.2 Å². The molecule has 0 unspecified atom stereocenters. The molecule has 5 heteroatoms. The van der Waals surface area contributed by atoms with E-state index in [1.807, 2.05) is 36.4 Å². The summed E-state index contributed by atoms with van der Waals surface area (Å²) in [6, 6.07) is 7.43. The quantitative estimate of drug-likeness (QED) is 0.864. The van der Waals surface area contributed by atoms with E-state index in [1.165, 1.54) is 0 Å². The molecule has 1 aliphatic carbocycles. The first-order chi connectivity index (χ1) is 9.95. The van der Waals surface area contributed by atoms with Crippen molar-refractivity contribution in [3.8, 4) is 0 Å². The van der Waals surface area contributed by atoms with E-state index in [2.05, 4.69) is 5.32 Å². The monoisotopic (exact) mass is 315 g/mol. The van der Waals surface area contributed by atoms with Gasteiger partial charge in [0, 0.05) is 29.9 Å². The van der Waals surface area contributed by atoms with Crippen molar-refractivity contribution >= 4 is 17.7 Å². The molecular weight excluding hydrogens is 296 g/mol. The predicted octanol–water partition coefficient (Wildman–Crippen LogP) is 3.88. The van der Waals surface area contributed by atoms with Gasteiger partial charge in [0.05, 0.1) is 6.61 Å². The third-order valence-corrected chi connectivity index (χ3v) is 4.27. The van der Waals surface area contributed by atoms with Crippen molar-refractivity contribution in [2.45, 2.75) is 37.1 Å². The topological polar surface area (TPSA) is 32.3 Å². The standard InChI is InChI=1S/C16H20ClF2NO/c17-14-5-3-13(4-6-14)2-1-11-20-15(12-21)7-9-16(18,19)10-8-15/h1-6,20-21H,7-12H2/b2-1+. The van der Waals surface area contributed by atoms with E-state index in [0.29, 0.717) is 24.4 Å². The molecule has 2 rings (SSSR count). The molecule has 0 atom stereocenters. The molecule has 0 spiro atoms. The molecular formula is C16H20ClF2NO. The fourth-order valence-electron chi connectivity index (χ4n) is 2.53. The Morgan fingerprint density at radius 3 is 2.33 bits per heavy atom. The van der Waals surface area contributed by atoms with Gasteiger partial charge in [-0.25, -0.2) is 8.78 Å². The summed E-state index contributed by atoms with van der Waals surface area (Å²) in [5.74, 6) is -2.58. The minimum atomic E-state index is -2.58. The third kappa shape index (κ3) is 4.77. The minimum Gasteiger partial charge on any atom is -0.394 e. The molecule has 1 aromatic carbocycles. The second-order valence-corrected chi connectivity index (χ2v) is 6.07. The maximum absolute atomic E-state index is 13.2. The first kappa shape index (κ1) is 16.4. The number of alkyl halides is 2. The molecule has 1 saturated carbocycles. The summed E-state index contributed by atoms with van der Waals surface area (Å²) >= 11 is 5.81. The third-order valence-electron chi connectivity index (χ3n) is 4.02. The van der Waals surface area contributed by atoms with Crippen LogP contribution in [-0.2, 0) is 0 Å². The highest BCUT2D eigenvalue weighted by atomic mass is 35.5. The molecule has 2 nitrogen and oxygen atoms in total. The van der Waals surface area contributed by atoms with Crippen LogP contribution in [0.15, 0.2) is 30.3 Å². The van der Waals surface area contributed by atoms with E-state index in [4.69, 9.17) is 11.6 Å². The molecule has 0 bridgehead atoms. The highest BCUT2D eigenvalue weighted by Gasteiger charge is 2.42. The van der Waals surface area contributed by atoms with E-state index < -0.39 is 11.5 Å². The Balaban J connectivity index is 1.85. The molecule has 0 aliphatic heterocycles. The molecule has 0 heterocycles. The van der Waals surface area contributed by atoms with Gasteiger partial charge in [-0.05, 0) is 30.5 Å². The molecule has 21 heavy (non-hydrogen) atoms. The van der Waals surface area contributed by atoms with Crippen molar-refractivity contribution in [1.29, 1.82) is 0 Å². The van der Waals surface area contributed by atoms with Crippen molar-refractivity contribution in [2.24, 2.45) is 0 Å². The van der Waals surface area contributed by atoms with Crippen LogP contribution >= 0.6 is 11.6 Å². The molecule has 0 radical (unpaired) electrons. The van der Waals surface area contributed by atoms with Gasteiger partial charge in [0.25, 0.3) is 0 Å². The molecule has 1 aliphatic rings. The summed E-state index contributed by atoms with van der Waals surface area (Å²) < 4.78 is 26.4. The lowest BCUT2D eigenvalue weighted by molar-refractivity contribution is -0.0631. The zero-order valence-electron chi connectivity index (χ0n) is 11.8. The van der Waals surface area contributed by atoms with Crippen LogP contribution in [0.4, 0.5) is 8.78 Å². The van der Waals surface area contributed by atoms with Crippen molar-refractivity contribution in [3.63, 3.8) is 0 Å². The van der Waals surface area contributed by atoms with Gasteiger partial charge in [-0.2, -0.15) is 0 Å². The Kier molecular flexibility index (Phi) is 5.36. The number of benzene rings is 1. The van der Waals surface area contributed by atoms with Crippen molar-refractivity contribution in [3.05, 3.63) is 40.9 Å². The normalized spacial score (nSPS) is 20.8. The van der Waals surface area contributed by atoms with Gasteiger partial charge in [-0.3, -0.25) is 0 Å². The van der Waals surface area contributed by atoms with E-state index in [-0.39, 0.29) is 19.4 Å². The average molecular weight is 316 g/mol. The highest BCUT2D eigenvalue weighted by Crippen LogP contribution is 2.38. The molecule has 1 aromatic rings. The van der Waals surface area contributed by atoms with Gasteiger partial charge in [-0.1, -0.05) is 35.9 Å². The number of hydrogen-bond donors (Lipinski definition) is 2. The Morgan fingerprint density at radius 2 is 1.76 bits per heavy atom. The SMILES string of the molecule is OCC1(NC/C=C/c2ccc(Cl)cc2)CCC(F)(F)CC1. The van der Waals surface area contributed by atoms with Crippen molar-refractivity contribution < 1.29 is 13.9 Å². The van der Waals surface area contributed by atoms with Crippen LogP contribution in [0.3, 0.4) is 0 Å². The number of halogens is 3. The van der Waals surface area contributed by atoms with Gasteiger partial charge in [-0.15, -0.1) is 0 Å². The molecule has 116 valence electrons. The Morgan fingerprint density at radius 1 is 1.14 bits per heavy atom. The Hall–Kier alpha value is -0.970. The Bertz CT molecular complexity index is 478. The highest BCUT2D eigenvalue weighted by molar-refractivity contribution is 6.30. The number of hydrogen-bond acceptors (Lipinski definition) is 2. The molecule has 2 N–H and O–H groups in total. The summed E-state index contributed by atoms with van der Waals surface area (Å²) in [4.78, 5) is 0. The zero-order chi connectivity index (χ0) is 15.3. The van der Waals surface area contributed by atoms with Gasteiger partial charge in [0.15, 0.2) is 0 Å². The van der Waals surface area contributed by atoms with E-state index in [9.17, 15) is 13.9 Å². The number of nitrogens with one attached hydrogen (secondary N) is 1. The van der Waals surface area contributed by atoms with Crippen LogP contribution in [-0.4, -0.2) is 29.7 Å². The van der Waals surface area contributed by atoms with Crippen LogP contribution < -0.4 is 5.32 Å². The van der Waals surface area contributed by atoms with Gasteiger partial charge >= 0.3 is 0 Å². The predicted molar refractivity (Wildman–Crippen MR) is 81.7 cm³/mol. The fourth-order valence-corrected chi connectivity index (χ4v) is 2.66. The lowest BCUT2D eigenvalue weighted by Gasteiger charge is -2.39. The molecule has 0 aromatic heterocycles. The minimum absolute atomic E-state index is 0.113. The maximum Gasteiger partial charge on any atom is 0.248 e. The fraction of sp³-hybridized carbons (Fsp3) is 0.500. The van der Waals surface area contributed by atoms with E-state index >= 15 is 0 Å². The molecule has 0 saturated heterocycles. The van der Waals surface area contributed by atoms with Crippen molar-refractivity contribution in [1.82, 2.24) is 5.32 Å². The number of aliphatic hydroxyl groups is 1. The van der Waals surface area contributed by atoms with Crippen LogP contribution in [0.2, 0.25) is 5.02 Å². The van der Waals surface area contributed by atoms with Gasteiger partial charge < -0.3 is 10.4 Å². The molecule has 0 amide bonds. The van der Waals surface area contributed by atoms with Crippen LogP contribution in [0.25, 0.3) is 6.08 Å². The van der Waals surface area contributed by atoms with Crippen LogP contribution in [0, 0.1) is 0 Å². The lowest BCUT2D eigenvalue weighted by Crippen LogP contribution is -2.52. The second kappa shape index (κ2) is 6.86. The van der Waals surface area contributed by atoms with Crippen LogP contribution in [0.5, 0.6) is 0 Å². The van der Waals surface area contributed by atoms with E-state index in [0.717, 1.165) is 5.56 Å². The van der Waals surface area contributed by atoms with E-state index in [1.54, 1.807) is 0 Å². The first-order valence-electron chi connectivity index (χ1n) is 7.11. The second-order valence-electron chi connectivity index (χ2n) is 5.63.